The number of anilines is 1. The molecule has 0 bridgehead atoms. The van der Waals surface area contributed by atoms with Gasteiger partial charge < -0.3 is 15.2 Å². The van der Waals surface area contributed by atoms with Crippen molar-refractivity contribution in [3.8, 4) is 0 Å². The Morgan fingerprint density at radius 3 is 2.39 bits per heavy atom. The summed E-state index contributed by atoms with van der Waals surface area (Å²) in [7, 11) is 4.06. The highest BCUT2D eigenvalue weighted by Crippen LogP contribution is 2.21. The van der Waals surface area contributed by atoms with E-state index >= 15 is 0 Å². The first-order chi connectivity index (χ1) is 11.1. The van der Waals surface area contributed by atoms with Crippen molar-refractivity contribution in [3.63, 3.8) is 0 Å². The Morgan fingerprint density at radius 1 is 1.04 bits per heavy atom. The van der Waals surface area contributed by atoms with E-state index in [9.17, 15) is 0 Å². The Bertz CT molecular complexity index is 745. The molecule has 0 aliphatic carbocycles. The maximum Gasteiger partial charge on any atom is 0.130 e. The van der Waals surface area contributed by atoms with Gasteiger partial charge in [0.2, 0.25) is 0 Å². The molecule has 23 heavy (non-hydrogen) atoms. The molecule has 0 aliphatic heterocycles. The predicted molar refractivity (Wildman–Crippen MR) is 94.6 cm³/mol. The van der Waals surface area contributed by atoms with Gasteiger partial charge in [0.25, 0.3) is 0 Å². The highest BCUT2D eigenvalue weighted by molar-refractivity contribution is 5.47. The maximum absolute atomic E-state index is 6.44. The van der Waals surface area contributed by atoms with Gasteiger partial charge in [0.15, 0.2) is 0 Å². The van der Waals surface area contributed by atoms with Gasteiger partial charge in [-0.05, 0) is 23.3 Å². The molecule has 0 aliphatic rings. The lowest BCUT2D eigenvalue weighted by Crippen LogP contribution is -2.18. The van der Waals surface area contributed by atoms with Crippen molar-refractivity contribution < 1.29 is 0 Å². The van der Waals surface area contributed by atoms with E-state index in [0.29, 0.717) is 0 Å². The molecule has 1 atom stereocenters. The summed E-state index contributed by atoms with van der Waals surface area (Å²) in [5.41, 5.74) is 9.91. The van der Waals surface area contributed by atoms with Crippen LogP contribution >= 0.6 is 0 Å². The van der Waals surface area contributed by atoms with Crippen LogP contribution in [0.15, 0.2) is 67.0 Å². The molecule has 4 heteroatoms. The fourth-order valence-corrected chi connectivity index (χ4v) is 2.64. The van der Waals surface area contributed by atoms with Crippen molar-refractivity contribution in [1.29, 1.82) is 0 Å². The molecule has 3 aromatic rings. The van der Waals surface area contributed by atoms with Gasteiger partial charge in [-0.1, -0.05) is 42.5 Å². The first-order valence-corrected chi connectivity index (χ1v) is 7.73. The smallest absolute Gasteiger partial charge is 0.130 e. The normalized spacial score (nSPS) is 12.1. The maximum atomic E-state index is 6.44. The molecule has 1 unspecified atom stereocenters. The van der Waals surface area contributed by atoms with Gasteiger partial charge in [-0.2, -0.15) is 0 Å². The summed E-state index contributed by atoms with van der Waals surface area (Å²) in [5.74, 6) is 0.881. The lowest BCUT2D eigenvalue weighted by atomic mass is 10.1. The van der Waals surface area contributed by atoms with Crippen molar-refractivity contribution in [2.75, 3.05) is 19.0 Å². The van der Waals surface area contributed by atoms with Crippen LogP contribution in [0.4, 0.5) is 5.69 Å². The minimum Gasteiger partial charge on any atom is -0.378 e. The van der Waals surface area contributed by atoms with Gasteiger partial charge in [-0.15, -0.1) is 0 Å². The lowest BCUT2D eigenvalue weighted by molar-refractivity contribution is 0.674. The van der Waals surface area contributed by atoms with Crippen LogP contribution in [0.5, 0.6) is 0 Å². The van der Waals surface area contributed by atoms with Gasteiger partial charge in [-0.3, -0.25) is 0 Å². The van der Waals surface area contributed by atoms with Crippen LogP contribution < -0.4 is 10.6 Å². The summed E-state index contributed by atoms with van der Waals surface area (Å²) in [4.78, 5) is 6.55. The molecule has 1 heterocycles. The van der Waals surface area contributed by atoms with Crippen LogP contribution in [-0.2, 0) is 6.54 Å². The highest BCUT2D eigenvalue weighted by Gasteiger charge is 2.15. The van der Waals surface area contributed by atoms with Gasteiger partial charge >= 0.3 is 0 Å². The van der Waals surface area contributed by atoms with Crippen LogP contribution in [0.3, 0.4) is 0 Å². The first kappa shape index (κ1) is 15.3. The second-order valence-electron chi connectivity index (χ2n) is 5.86. The summed E-state index contributed by atoms with van der Waals surface area (Å²) < 4.78 is 2.11. The Labute approximate surface area is 137 Å². The molecular formula is C19H22N4. The number of hydrogen-bond donors (Lipinski definition) is 1. The molecule has 118 valence electrons. The average Bonchev–Trinajstić information content (AvgIpc) is 3.03. The van der Waals surface area contributed by atoms with E-state index in [2.05, 4.69) is 50.8 Å². The van der Waals surface area contributed by atoms with Gasteiger partial charge in [-0.25, -0.2) is 4.98 Å². The predicted octanol–water partition coefficient (Wildman–Crippen LogP) is 3.05. The molecule has 2 aromatic carbocycles. The van der Waals surface area contributed by atoms with Crippen LogP contribution in [0.2, 0.25) is 0 Å². The number of hydrogen-bond acceptors (Lipinski definition) is 3. The Balaban J connectivity index is 1.83. The standard InChI is InChI=1S/C19H22N4/c1-22(2)17-10-8-16(9-11-17)18(20)19-21-12-13-23(19)14-15-6-4-3-5-7-15/h3-13,18H,14,20H2,1-2H3. The zero-order valence-corrected chi connectivity index (χ0v) is 13.6. The van der Waals surface area contributed by atoms with E-state index in [-0.39, 0.29) is 6.04 Å². The van der Waals surface area contributed by atoms with Gasteiger partial charge in [0.1, 0.15) is 5.82 Å². The van der Waals surface area contributed by atoms with Crippen LogP contribution in [0, 0.1) is 0 Å². The fraction of sp³-hybridized carbons (Fsp3) is 0.211. The van der Waals surface area contributed by atoms with E-state index in [1.165, 1.54) is 5.56 Å². The highest BCUT2D eigenvalue weighted by atomic mass is 15.1. The van der Waals surface area contributed by atoms with E-state index in [1.807, 2.05) is 44.7 Å². The Hall–Kier alpha value is -2.59. The number of imidazole rings is 1. The van der Waals surface area contributed by atoms with Crippen LogP contribution in [0.1, 0.15) is 23.0 Å². The minimum atomic E-state index is -0.232. The van der Waals surface area contributed by atoms with Gasteiger partial charge in [0.05, 0.1) is 6.04 Å². The molecule has 0 saturated carbocycles. The summed E-state index contributed by atoms with van der Waals surface area (Å²) in [5, 5.41) is 0. The quantitative estimate of drug-likeness (QED) is 0.788. The minimum absolute atomic E-state index is 0.232. The third-order valence-corrected chi connectivity index (χ3v) is 3.99. The van der Waals surface area contributed by atoms with Crippen molar-refractivity contribution >= 4 is 5.69 Å². The molecule has 3 rings (SSSR count). The summed E-state index contributed by atoms with van der Waals surface area (Å²) >= 11 is 0. The van der Waals surface area contributed by atoms with E-state index in [4.69, 9.17) is 5.73 Å². The van der Waals surface area contributed by atoms with Crippen molar-refractivity contribution in [1.82, 2.24) is 9.55 Å². The van der Waals surface area contributed by atoms with Crippen LogP contribution in [0.25, 0.3) is 0 Å². The molecular weight excluding hydrogens is 284 g/mol. The van der Waals surface area contributed by atoms with Crippen LogP contribution in [-0.4, -0.2) is 23.6 Å². The second-order valence-corrected chi connectivity index (χ2v) is 5.86. The monoisotopic (exact) mass is 306 g/mol. The molecule has 0 amide bonds. The number of nitrogens with two attached hydrogens (primary N) is 1. The molecule has 1 aromatic heterocycles. The average molecular weight is 306 g/mol. The number of aromatic nitrogens is 2. The van der Waals surface area contributed by atoms with E-state index in [1.54, 1.807) is 0 Å². The molecule has 4 nitrogen and oxygen atoms in total. The first-order valence-electron chi connectivity index (χ1n) is 7.73. The molecule has 2 N–H and O–H groups in total. The molecule has 0 radical (unpaired) electrons. The third-order valence-electron chi connectivity index (χ3n) is 3.99. The SMILES string of the molecule is CN(C)c1ccc(C(N)c2nccn2Cc2ccccc2)cc1. The van der Waals surface area contributed by atoms with E-state index in [0.717, 1.165) is 23.6 Å². The lowest BCUT2D eigenvalue weighted by Gasteiger charge is -2.17. The summed E-state index contributed by atoms with van der Waals surface area (Å²) in [6.45, 7) is 0.777. The molecule has 0 saturated heterocycles. The third kappa shape index (κ3) is 3.43. The van der Waals surface area contributed by atoms with Crippen molar-refractivity contribution in [2.24, 2.45) is 5.73 Å². The zero-order valence-electron chi connectivity index (χ0n) is 13.6. The van der Waals surface area contributed by atoms with Gasteiger partial charge in [0, 0.05) is 38.7 Å². The molecule has 0 fully saturated rings. The Kier molecular flexibility index (Phi) is 4.44. The van der Waals surface area contributed by atoms with Crippen molar-refractivity contribution in [2.45, 2.75) is 12.6 Å². The molecule has 0 spiro atoms. The Morgan fingerprint density at radius 2 is 1.74 bits per heavy atom. The largest absolute Gasteiger partial charge is 0.378 e. The number of rotatable bonds is 5. The summed E-state index contributed by atoms with van der Waals surface area (Å²) in [6, 6.07) is 18.4. The summed E-state index contributed by atoms with van der Waals surface area (Å²) in [6.07, 6.45) is 3.79. The number of nitrogens with zero attached hydrogens (tertiary/aromatic N) is 3. The van der Waals surface area contributed by atoms with E-state index < -0.39 is 0 Å². The topological polar surface area (TPSA) is 47.1 Å². The van der Waals surface area contributed by atoms with Crippen molar-refractivity contribution in [3.05, 3.63) is 83.9 Å². The second kappa shape index (κ2) is 6.67. The zero-order chi connectivity index (χ0) is 16.2. The number of benzene rings is 2. The fourth-order valence-electron chi connectivity index (χ4n) is 2.64.